The summed E-state index contributed by atoms with van der Waals surface area (Å²) in [6.07, 6.45) is 0.580. The van der Waals surface area contributed by atoms with Crippen molar-refractivity contribution in [3.05, 3.63) is 166 Å². The average Bonchev–Trinajstić information content (AvgIpc) is 2.97. The molecule has 184 valence electrons. The van der Waals surface area contributed by atoms with Gasteiger partial charge in [0.1, 0.15) is 0 Å². The van der Waals surface area contributed by atoms with Crippen LogP contribution in [0.2, 0.25) is 0 Å². The zero-order valence-corrected chi connectivity index (χ0v) is 21.4. The van der Waals surface area contributed by atoms with Crippen molar-refractivity contribution >= 4 is 11.4 Å². The van der Waals surface area contributed by atoms with E-state index in [0.29, 0.717) is 17.8 Å². The van der Waals surface area contributed by atoms with Crippen LogP contribution in [0.5, 0.6) is 0 Å². The Hall–Kier alpha value is -5.62. The van der Waals surface area contributed by atoms with Crippen LogP contribution >= 0.6 is 0 Å². The average molecular weight is 499 g/mol. The summed E-state index contributed by atoms with van der Waals surface area (Å²) in [5.41, 5.74) is 21.2. The van der Waals surface area contributed by atoms with Crippen molar-refractivity contribution in [3.8, 4) is 35.5 Å². The number of hydrogen-bond donors (Lipinski definition) is 2. The van der Waals surface area contributed by atoms with Crippen LogP contribution in [0.1, 0.15) is 44.5 Å². The number of anilines is 2. The molecule has 0 heterocycles. The quantitative estimate of drug-likeness (QED) is 0.212. The first-order chi connectivity index (χ1) is 19.1. The third-order valence-electron chi connectivity index (χ3n) is 6.12. The van der Waals surface area contributed by atoms with Gasteiger partial charge in [-0.25, -0.2) is 0 Å². The Balaban J connectivity index is 1.62. The molecule has 5 aromatic carbocycles. The van der Waals surface area contributed by atoms with Gasteiger partial charge >= 0.3 is 0 Å². The highest BCUT2D eigenvalue weighted by Crippen LogP contribution is 2.25. The minimum Gasteiger partial charge on any atom is -0.399 e. The van der Waals surface area contributed by atoms with Crippen LogP contribution in [0, 0.1) is 35.5 Å². The Morgan fingerprint density at radius 3 is 1.28 bits per heavy atom. The maximum absolute atomic E-state index is 6.35. The molecule has 2 heteroatoms. The summed E-state index contributed by atoms with van der Waals surface area (Å²) in [4.78, 5) is 0. The van der Waals surface area contributed by atoms with E-state index in [0.717, 1.165) is 44.5 Å². The number of rotatable bonds is 2. The highest BCUT2D eigenvalue weighted by atomic mass is 14.5. The predicted molar refractivity (Wildman–Crippen MR) is 162 cm³/mol. The smallest absolute Gasteiger partial charge is 0.0339 e. The maximum atomic E-state index is 6.35. The first-order valence-corrected chi connectivity index (χ1v) is 12.7. The number of nitrogens with two attached hydrogens (primary N) is 2. The molecule has 0 spiro atoms. The van der Waals surface area contributed by atoms with E-state index in [1.54, 1.807) is 0 Å². The molecule has 0 amide bonds. The highest BCUT2D eigenvalue weighted by molar-refractivity contribution is 5.64. The molecule has 0 aromatic heterocycles. The lowest BCUT2D eigenvalue weighted by Gasteiger charge is -2.12. The molecule has 2 nitrogen and oxygen atoms in total. The molecule has 0 saturated heterocycles. The van der Waals surface area contributed by atoms with Crippen LogP contribution in [0.4, 0.5) is 11.4 Å². The minimum atomic E-state index is 0.580. The maximum Gasteiger partial charge on any atom is 0.0339 e. The monoisotopic (exact) mass is 498 g/mol. The van der Waals surface area contributed by atoms with Crippen LogP contribution in [0.25, 0.3) is 0 Å². The fourth-order valence-electron chi connectivity index (χ4n) is 4.15. The number of benzene rings is 5. The summed E-state index contributed by atoms with van der Waals surface area (Å²) in [7, 11) is 0. The van der Waals surface area contributed by atoms with Gasteiger partial charge in [-0.05, 0) is 71.8 Å². The molecule has 39 heavy (non-hydrogen) atoms. The normalized spacial score (nSPS) is 9.74. The molecule has 0 bridgehead atoms. The van der Waals surface area contributed by atoms with Crippen molar-refractivity contribution in [2.75, 3.05) is 11.5 Å². The van der Waals surface area contributed by atoms with E-state index < -0.39 is 0 Å². The van der Waals surface area contributed by atoms with E-state index in [2.05, 4.69) is 35.5 Å². The molecule has 0 unspecified atom stereocenters. The second-order valence-corrected chi connectivity index (χ2v) is 9.04. The fraction of sp³-hybridized carbons (Fsp3) is 0.0270. The summed E-state index contributed by atoms with van der Waals surface area (Å²) in [6.45, 7) is 0. The van der Waals surface area contributed by atoms with E-state index in [9.17, 15) is 0 Å². The van der Waals surface area contributed by atoms with E-state index in [1.807, 2.05) is 121 Å². The minimum absolute atomic E-state index is 0.580. The zero-order chi connectivity index (χ0) is 26.9. The van der Waals surface area contributed by atoms with E-state index in [4.69, 9.17) is 11.5 Å². The Morgan fingerprint density at radius 2 is 0.821 bits per heavy atom. The van der Waals surface area contributed by atoms with E-state index in [-0.39, 0.29) is 0 Å². The van der Waals surface area contributed by atoms with Gasteiger partial charge in [-0.2, -0.15) is 0 Å². The Kier molecular flexibility index (Phi) is 7.76. The van der Waals surface area contributed by atoms with Crippen molar-refractivity contribution in [2.24, 2.45) is 0 Å². The van der Waals surface area contributed by atoms with Crippen molar-refractivity contribution in [3.63, 3.8) is 0 Å². The molecule has 0 fully saturated rings. The Morgan fingerprint density at radius 1 is 0.410 bits per heavy atom. The van der Waals surface area contributed by atoms with Crippen molar-refractivity contribution in [2.45, 2.75) is 6.42 Å². The Bertz CT molecular complexity index is 1710. The van der Waals surface area contributed by atoms with Crippen LogP contribution in [-0.2, 0) is 6.42 Å². The highest BCUT2D eigenvalue weighted by Gasteiger charge is 2.12. The van der Waals surface area contributed by atoms with Crippen LogP contribution in [0.3, 0.4) is 0 Å². The summed E-state index contributed by atoms with van der Waals surface area (Å²) in [5, 5.41) is 0. The molecular weight excluding hydrogens is 472 g/mol. The largest absolute Gasteiger partial charge is 0.399 e. The van der Waals surface area contributed by atoms with Gasteiger partial charge < -0.3 is 11.5 Å². The third-order valence-corrected chi connectivity index (χ3v) is 6.12. The topological polar surface area (TPSA) is 52.0 Å². The van der Waals surface area contributed by atoms with Gasteiger partial charge in [0.15, 0.2) is 0 Å². The first-order valence-electron chi connectivity index (χ1n) is 12.7. The number of hydrogen-bond acceptors (Lipinski definition) is 2. The summed E-state index contributed by atoms with van der Waals surface area (Å²) in [5.74, 6) is 19.9. The van der Waals surface area contributed by atoms with Gasteiger partial charge in [-0.1, -0.05) is 96.2 Å². The molecule has 5 rings (SSSR count). The van der Waals surface area contributed by atoms with Crippen molar-refractivity contribution < 1.29 is 0 Å². The van der Waals surface area contributed by atoms with Crippen LogP contribution in [-0.4, -0.2) is 0 Å². The lowest BCUT2D eigenvalue weighted by molar-refractivity contribution is 1.16. The summed E-state index contributed by atoms with van der Waals surface area (Å²) < 4.78 is 0. The summed E-state index contributed by atoms with van der Waals surface area (Å²) >= 11 is 0. The zero-order valence-electron chi connectivity index (χ0n) is 21.4. The van der Waals surface area contributed by atoms with Gasteiger partial charge in [0, 0.05) is 51.2 Å². The van der Waals surface area contributed by atoms with Crippen LogP contribution in [0.15, 0.2) is 121 Å². The second-order valence-electron chi connectivity index (χ2n) is 9.04. The third kappa shape index (κ3) is 6.78. The van der Waals surface area contributed by atoms with Crippen molar-refractivity contribution in [1.29, 1.82) is 0 Å². The molecule has 4 N–H and O–H groups in total. The molecule has 0 aliphatic heterocycles. The molecular formula is C37H26N2. The standard InChI is InChI=1S/C37H26N2/c38-35-23-22-32(31(24-35)19-16-28-10-4-1-5-11-28)27-37-33(20-17-29-12-6-2-7-13-29)25-36(39)26-34(37)21-18-30-14-8-3-9-15-30/h1-15,22-26H,27,38-39H2. The lowest BCUT2D eigenvalue weighted by Crippen LogP contribution is -2.02. The second kappa shape index (κ2) is 12.1. The molecule has 5 aromatic rings. The SMILES string of the molecule is Nc1ccc(Cc2c(C#Cc3ccccc3)cc(N)cc2C#Cc2ccccc2)c(C#Cc2ccccc2)c1. The molecule has 0 aliphatic rings. The van der Waals surface area contributed by atoms with Gasteiger partial charge in [-0.3, -0.25) is 0 Å². The van der Waals surface area contributed by atoms with Gasteiger partial charge in [-0.15, -0.1) is 0 Å². The Labute approximate surface area is 230 Å². The van der Waals surface area contributed by atoms with Gasteiger partial charge in [0.05, 0.1) is 0 Å². The lowest BCUT2D eigenvalue weighted by atomic mass is 9.91. The van der Waals surface area contributed by atoms with E-state index in [1.165, 1.54) is 0 Å². The molecule has 0 radical (unpaired) electrons. The fourth-order valence-corrected chi connectivity index (χ4v) is 4.15. The molecule has 0 aliphatic carbocycles. The summed E-state index contributed by atoms with van der Waals surface area (Å²) in [6, 6.07) is 39.5. The van der Waals surface area contributed by atoms with E-state index >= 15 is 0 Å². The van der Waals surface area contributed by atoms with Gasteiger partial charge in [0.25, 0.3) is 0 Å². The number of nitrogen functional groups attached to an aromatic ring is 2. The van der Waals surface area contributed by atoms with Gasteiger partial charge in [0.2, 0.25) is 0 Å². The molecule has 0 atom stereocenters. The van der Waals surface area contributed by atoms with Crippen molar-refractivity contribution in [1.82, 2.24) is 0 Å². The predicted octanol–water partition coefficient (Wildman–Crippen LogP) is 6.64. The molecule has 0 saturated carbocycles. The first kappa shape index (κ1) is 25.0. The van der Waals surface area contributed by atoms with Crippen LogP contribution < -0.4 is 11.5 Å².